The monoisotopic (exact) mass is 304 g/mol. The summed E-state index contributed by atoms with van der Waals surface area (Å²) < 4.78 is 5.22. The maximum atomic E-state index is 12.1. The van der Waals surface area contributed by atoms with Crippen LogP contribution in [-0.2, 0) is 17.8 Å². The molecule has 1 amide bonds. The van der Waals surface area contributed by atoms with Crippen molar-refractivity contribution < 1.29 is 9.21 Å². The molecule has 0 bridgehead atoms. The zero-order valence-corrected chi connectivity index (χ0v) is 12.9. The quantitative estimate of drug-likeness (QED) is 0.893. The molecule has 0 aromatic carbocycles. The average Bonchev–Trinajstić information content (AvgIpc) is 3.16. The van der Waals surface area contributed by atoms with Crippen LogP contribution < -0.4 is 10.6 Å². The minimum Gasteiger partial charge on any atom is -0.467 e. The van der Waals surface area contributed by atoms with Crippen LogP contribution in [0.4, 0.5) is 0 Å². The molecule has 112 valence electrons. The molecule has 2 heterocycles. The number of nitrogens with one attached hydrogen (secondary N) is 2. The summed E-state index contributed by atoms with van der Waals surface area (Å²) in [5.41, 5.74) is 1.37. The second kappa shape index (κ2) is 6.45. The Bertz CT molecular complexity index is 591. The number of amides is 1. The van der Waals surface area contributed by atoms with E-state index in [2.05, 4.69) is 22.1 Å². The van der Waals surface area contributed by atoms with Crippen LogP contribution >= 0.6 is 11.3 Å². The van der Waals surface area contributed by atoms with Crippen molar-refractivity contribution in [2.45, 2.75) is 44.8 Å². The van der Waals surface area contributed by atoms with Gasteiger partial charge < -0.3 is 9.73 Å². The van der Waals surface area contributed by atoms with E-state index in [4.69, 9.17) is 4.42 Å². The first-order valence-electron chi connectivity index (χ1n) is 7.36. The first-order chi connectivity index (χ1) is 10.2. The van der Waals surface area contributed by atoms with Crippen LogP contribution in [0.15, 0.2) is 34.3 Å². The highest BCUT2D eigenvalue weighted by molar-refractivity contribution is 7.10. The lowest BCUT2D eigenvalue weighted by molar-refractivity contribution is -0.123. The first-order valence-corrected chi connectivity index (χ1v) is 8.24. The second-order valence-electron chi connectivity index (χ2n) is 5.43. The molecule has 2 N–H and O–H groups in total. The van der Waals surface area contributed by atoms with Crippen molar-refractivity contribution in [3.05, 3.63) is 46.0 Å². The van der Waals surface area contributed by atoms with Crippen LogP contribution in [0.1, 0.15) is 42.0 Å². The van der Waals surface area contributed by atoms with Crippen molar-refractivity contribution in [2.75, 3.05) is 0 Å². The van der Waals surface area contributed by atoms with E-state index in [1.807, 2.05) is 30.4 Å². The zero-order valence-electron chi connectivity index (χ0n) is 12.1. The molecular formula is C16H20N2O2S. The third kappa shape index (κ3) is 3.36. The summed E-state index contributed by atoms with van der Waals surface area (Å²) in [6.45, 7) is 2.35. The fraction of sp³-hybridized carbons (Fsp3) is 0.438. The highest BCUT2D eigenvalue weighted by Gasteiger charge is 2.24. The summed E-state index contributed by atoms with van der Waals surface area (Å²) in [4.78, 5) is 13.6. The minimum absolute atomic E-state index is 0.00810. The number of aryl methyl sites for hydroxylation is 1. The van der Waals surface area contributed by atoms with E-state index in [0.29, 0.717) is 12.6 Å². The van der Waals surface area contributed by atoms with Gasteiger partial charge in [-0.15, -0.1) is 11.3 Å². The molecule has 0 spiro atoms. The van der Waals surface area contributed by atoms with Crippen LogP contribution in [0.25, 0.3) is 0 Å². The Kier molecular flexibility index (Phi) is 4.41. The van der Waals surface area contributed by atoms with Gasteiger partial charge in [0.25, 0.3) is 0 Å². The Morgan fingerprint density at radius 3 is 3.24 bits per heavy atom. The lowest BCUT2D eigenvalue weighted by Gasteiger charge is -2.26. The molecule has 2 aromatic rings. The summed E-state index contributed by atoms with van der Waals surface area (Å²) in [5.74, 6) is 0.780. The van der Waals surface area contributed by atoms with E-state index >= 15 is 0 Å². The summed E-state index contributed by atoms with van der Waals surface area (Å²) >= 11 is 1.82. The van der Waals surface area contributed by atoms with E-state index in [9.17, 15) is 4.79 Å². The van der Waals surface area contributed by atoms with E-state index in [1.165, 1.54) is 23.3 Å². The Morgan fingerprint density at radius 2 is 2.43 bits per heavy atom. The molecule has 21 heavy (non-hydrogen) atoms. The third-order valence-electron chi connectivity index (χ3n) is 3.91. The topological polar surface area (TPSA) is 54.3 Å². The molecule has 0 saturated carbocycles. The number of hydrogen-bond donors (Lipinski definition) is 2. The normalized spacial score (nSPS) is 19.0. The van der Waals surface area contributed by atoms with E-state index in [0.717, 1.165) is 12.2 Å². The van der Waals surface area contributed by atoms with Crippen molar-refractivity contribution in [2.24, 2.45) is 0 Å². The molecule has 2 unspecified atom stereocenters. The highest BCUT2D eigenvalue weighted by Crippen LogP contribution is 2.33. The second-order valence-corrected chi connectivity index (χ2v) is 6.43. The van der Waals surface area contributed by atoms with Crippen molar-refractivity contribution in [3.8, 4) is 0 Å². The number of carbonyl (C=O) groups excluding carboxylic acids is 1. The largest absolute Gasteiger partial charge is 0.467 e. The van der Waals surface area contributed by atoms with Gasteiger partial charge in [-0.25, -0.2) is 0 Å². The maximum Gasteiger partial charge on any atom is 0.237 e. The van der Waals surface area contributed by atoms with Gasteiger partial charge in [0.2, 0.25) is 5.91 Å². The van der Waals surface area contributed by atoms with Crippen molar-refractivity contribution >= 4 is 17.2 Å². The molecule has 5 heteroatoms. The predicted molar refractivity (Wildman–Crippen MR) is 83.2 cm³/mol. The lowest BCUT2D eigenvalue weighted by Crippen LogP contribution is -2.43. The summed E-state index contributed by atoms with van der Waals surface area (Å²) in [6, 6.07) is 5.95. The number of rotatable bonds is 5. The van der Waals surface area contributed by atoms with Gasteiger partial charge in [0.05, 0.1) is 18.8 Å². The fourth-order valence-corrected chi connectivity index (χ4v) is 3.76. The Morgan fingerprint density at radius 1 is 1.52 bits per heavy atom. The predicted octanol–water partition coefficient (Wildman–Crippen LogP) is 3.01. The van der Waals surface area contributed by atoms with Crippen LogP contribution in [0.2, 0.25) is 0 Å². The van der Waals surface area contributed by atoms with Gasteiger partial charge in [-0.2, -0.15) is 0 Å². The summed E-state index contributed by atoms with van der Waals surface area (Å²) in [5, 5.41) is 8.50. The number of furan rings is 1. The first kappa shape index (κ1) is 14.4. The van der Waals surface area contributed by atoms with Gasteiger partial charge >= 0.3 is 0 Å². The number of fused-ring (bicyclic) bond motifs is 1. The molecule has 3 rings (SSSR count). The Labute approximate surface area is 128 Å². The molecule has 0 fully saturated rings. The standard InChI is InChI=1S/C16H20N2O2S/c1-11(16(19)17-10-12-4-3-8-20-12)18-14-5-2-6-15-13(14)7-9-21-15/h3-4,7-9,11,14,18H,2,5-6,10H2,1H3,(H,17,19). The molecule has 0 saturated heterocycles. The maximum absolute atomic E-state index is 12.1. The SMILES string of the molecule is CC(NC1CCCc2sccc21)C(=O)NCc1ccco1. The third-order valence-corrected chi connectivity index (χ3v) is 4.91. The van der Waals surface area contributed by atoms with Gasteiger partial charge in [0.1, 0.15) is 5.76 Å². The van der Waals surface area contributed by atoms with Gasteiger partial charge in [-0.1, -0.05) is 0 Å². The molecule has 0 radical (unpaired) electrons. The van der Waals surface area contributed by atoms with E-state index in [-0.39, 0.29) is 11.9 Å². The molecule has 1 aliphatic rings. The molecule has 4 nitrogen and oxygen atoms in total. The molecular weight excluding hydrogens is 284 g/mol. The van der Waals surface area contributed by atoms with E-state index < -0.39 is 0 Å². The number of thiophene rings is 1. The average molecular weight is 304 g/mol. The molecule has 2 aromatic heterocycles. The zero-order chi connectivity index (χ0) is 14.7. The minimum atomic E-state index is -0.212. The molecule has 2 atom stereocenters. The molecule has 1 aliphatic carbocycles. The van der Waals surface area contributed by atoms with Crippen LogP contribution in [0, 0.1) is 0 Å². The number of hydrogen-bond acceptors (Lipinski definition) is 4. The summed E-state index contributed by atoms with van der Waals surface area (Å²) in [6.07, 6.45) is 5.07. The van der Waals surface area contributed by atoms with Gasteiger partial charge in [-0.3, -0.25) is 10.1 Å². The van der Waals surface area contributed by atoms with Gasteiger partial charge in [0.15, 0.2) is 0 Å². The van der Waals surface area contributed by atoms with Crippen LogP contribution in [0.3, 0.4) is 0 Å². The van der Waals surface area contributed by atoms with Crippen LogP contribution in [0.5, 0.6) is 0 Å². The van der Waals surface area contributed by atoms with Crippen molar-refractivity contribution in [1.82, 2.24) is 10.6 Å². The Hall–Kier alpha value is -1.59. The van der Waals surface area contributed by atoms with Crippen molar-refractivity contribution in [3.63, 3.8) is 0 Å². The molecule has 0 aliphatic heterocycles. The van der Waals surface area contributed by atoms with Crippen molar-refractivity contribution in [1.29, 1.82) is 0 Å². The highest BCUT2D eigenvalue weighted by atomic mass is 32.1. The lowest BCUT2D eigenvalue weighted by atomic mass is 9.93. The number of carbonyl (C=O) groups is 1. The van der Waals surface area contributed by atoms with Crippen LogP contribution in [-0.4, -0.2) is 11.9 Å². The smallest absolute Gasteiger partial charge is 0.237 e. The van der Waals surface area contributed by atoms with Gasteiger partial charge in [0, 0.05) is 10.9 Å². The summed E-state index contributed by atoms with van der Waals surface area (Å²) in [7, 11) is 0. The van der Waals surface area contributed by atoms with Gasteiger partial charge in [-0.05, 0) is 55.3 Å². The van der Waals surface area contributed by atoms with E-state index in [1.54, 1.807) is 6.26 Å². The Balaban J connectivity index is 1.54. The fourth-order valence-electron chi connectivity index (χ4n) is 2.78.